The second kappa shape index (κ2) is 14.4. The number of pyridine rings is 1. The van der Waals surface area contributed by atoms with Gasteiger partial charge in [0.2, 0.25) is 0 Å². The first-order valence-corrected chi connectivity index (χ1v) is 15.9. The number of fused-ring (bicyclic) bond motifs is 1. The van der Waals surface area contributed by atoms with Crippen molar-refractivity contribution < 1.29 is 27.4 Å². The first-order valence-electron chi connectivity index (χ1n) is 15.5. The number of carbonyl (C=O) groups is 1. The zero-order valence-electron chi connectivity index (χ0n) is 25.4. The summed E-state index contributed by atoms with van der Waals surface area (Å²) in [5.74, 6) is -2.40. The van der Waals surface area contributed by atoms with E-state index in [1.54, 1.807) is 6.07 Å². The molecule has 1 aromatic heterocycles. The number of para-hydroxylation sites is 1. The van der Waals surface area contributed by atoms with Crippen molar-refractivity contribution in [2.24, 2.45) is 0 Å². The highest BCUT2D eigenvalue weighted by Crippen LogP contribution is 2.38. The molecule has 0 amide bonds. The molecule has 47 heavy (non-hydrogen) atoms. The minimum atomic E-state index is -0.919. The van der Waals surface area contributed by atoms with Crippen molar-refractivity contribution in [2.45, 2.75) is 44.2 Å². The van der Waals surface area contributed by atoms with Gasteiger partial charge in [0.15, 0.2) is 0 Å². The molecule has 0 unspecified atom stereocenters. The number of nitrogens with one attached hydrogen (secondary N) is 1. The molecule has 0 saturated heterocycles. The standard InChI is InChI=1S/C37H32ClF3N2O4/c38-30-20-24(39)14-15-27(30)29-21-26(22-33-28(29)16-17-34(44)43(33)36-31(40)12-6-13-32(36)41)46-19-7-18-42-35(23-8-2-1-3-9-23)37(45)47-25-10-4-5-11-25/h1-3,6,8-9,12-17,20-22,25,35,42H,4-5,7,10-11,18-19H2/t35-/m0/s1. The zero-order valence-corrected chi connectivity index (χ0v) is 26.1. The first kappa shape index (κ1) is 32.3. The average Bonchev–Trinajstić information content (AvgIpc) is 3.57. The summed E-state index contributed by atoms with van der Waals surface area (Å²) in [7, 11) is 0. The minimum absolute atomic E-state index is 0.0641. The van der Waals surface area contributed by atoms with Crippen LogP contribution in [0.3, 0.4) is 0 Å². The van der Waals surface area contributed by atoms with Crippen molar-refractivity contribution in [3.05, 3.63) is 129 Å². The van der Waals surface area contributed by atoms with Crippen molar-refractivity contribution in [3.8, 4) is 22.6 Å². The van der Waals surface area contributed by atoms with Crippen molar-refractivity contribution in [1.29, 1.82) is 0 Å². The number of rotatable bonds is 11. The van der Waals surface area contributed by atoms with Crippen molar-refractivity contribution in [1.82, 2.24) is 9.88 Å². The van der Waals surface area contributed by atoms with Crippen molar-refractivity contribution in [3.63, 3.8) is 0 Å². The maximum Gasteiger partial charge on any atom is 0.328 e. The monoisotopic (exact) mass is 660 g/mol. The van der Waals surface area contributed by atoms with Crippen LogP contribution in [0.25, 0.3) is 27.7 Å². The molecular weight excluding hydrogens is 629 g/mol. The lowest BCUT2D eigenvalue weighted by Gasteiger charge is -2.21. The number of carbonyl (C=O) groups excluding carboxylic acids is 1. The van der Waals surface area contributed by atoms with Gasteiger partial charge in [-0.25, -0.2) is 18.0 Å². The maximum atomic E-state index is 15.0. The molecule has 1 aliphatic rings. The second-order valence-corrected chi connectivity index (χ2v) is 11.9. The zero-order chi connectivity index (χ0) is 32.9. The normalized spacial score (nSPS) is 14.0. The molecule has 1 fully saturated rings. The van der Waals surface area contributed by atoms with E-state index in [0.29, 0.717) is 35.2 Å². The molecule has 1 aliphatic carbocycles. The molecule has 5 aromatic rings. The van der Waals surface area contributed by atoms with E-state index in [9.17, 15) is 22.8 Å². The second-order valence-electron chi connectivity index (χ2n) is 11.4. The number of esters is 1. The molecule has 10 heteroatoms. The number of hydrogen-bond donors (Lipinski definition) is 1. The molecule has 6 nitrogen and oxygen atoms in total. The van der Waals surface area contributed by atoms with E-state index in [2.05, 4.69) is 5.32 Å². The summed E-state index contributed by atoms with van der Waals surface area (Å²) in [5, 5.41) is 3.85. The van der Waals surface area contributed by atoms with Crippen LogP contribution >= 0.6 is 11.6 Å². The van der Waals surface area contributed by atoms with Gasteiger partial charge in [-0.15, -0.1) is 0 Å². The van der Waals surface area contributed by atoms with E-state index in [-0.39, 0.29) is 29.2 Å². The highest BCUT2D eigenvalue weighted by Gasteiger charge is 2.26. The number of nitrogens with zero attached hydrogens (tertiary/aromatic N) is 1. The molecule has 1 saturated carbocycles. The maximum absolute atomic E-state index is 15.0. The molecule has 242 valence electrons. The van der Waals surface area contributed by atoms with E-state index >= 15 is 0 Å². The number of ether oxygens (including phenoxy) is 2. The van der Waals surface area contributed by atoms with Gasteiger partial charge in [0, 0.05) is 23.1 Å². The van der Waals surface area contributed by atoms with Crippen LogP contribution < -0.4 is 15.6 Å². The van der Waals surface area contributed by atoms with Crippen LogP contribution in [0, 0.1) is 17.5 Å². The van der Waals surface area contributed by atoms with Gasteiger partial charge in [0.25, 0.3) is 5.56 Å². The molecule has 1 N–H and O–H groups in total. The van der Waals surface area contributed by atoms with Gasteiger partial charge in [-0.1, -0.05) is 48.0 Å². The number of hydrogen-bond acceptors (Lipinski definition) is 5. The molecule has 0 aliphatic heterocycles. The lowest BCUT2D eigenvalue weighted by Crippen LogP contribution is -2.33. The third kappa shape index (κ3) is 7.21. The van der Waals surface area contributed by atoms with E-state index in [0.717, 1.165) is 54.0 Å². The Labute approximate surface area is 274 Å². The van der Waals surface area contributed by atoms with Crippen LogP contribution in [-0.2, 0) is 9.53 Å². The van der Waals surface area contributed by atoms with Gasteiger partial charge in [-0.05, 0) is 92.2 Å². The molecule has 1 atom stereocenters. The fourth-order valence-electron chi connectivity index (χ4n) is 6.00. The first-order chi connectivity index (χ1) is 22.8. The smallest absolute Gasteiger partial charge is 0.328 e. The Bertz CT molecular complexity index is 1940. The Morgan fingerprint density at radius 2 is 1.64 bits per heavy atom. The van der Waals surface area contributed by atoms with Crippen LogP contribution in [0.15, 0.2) is 95.8 Å². The van der Waals surface area contributed by atoms with Gasteiger partial charge in [-0.2, -0.15) is 0 Å². The molecule has 4 aromatic carbocycles. The molecule has 0 bridgehead atoms. The quantitative estimate of drug-likeness (QED) is 0.114. The highest BCUT2D eigenvalue weighted by molar-refractivity contribution is 6.33. The molecular formula is C37H32ClF3N2O4. The summed E-state index contributed by atoms with van der Waals surface area (Å²) in [5.41, 5.74) is 0.699. The highest BCUT2D eigenvalue weighted by atomic mass is 35.5. The summed E-state index contributed by atoms with van der Waals surface area (Å²) < 4.78 is 56.8. The fourth-order valence-corrected chi connectivity index (χ4v) is 6.27. The van der Waals surface area contributed by atoms with E-state index in [4.69, 9.17) is 21.1 Å². The van der Waals surface area contributed by atoms with Crippen LogP contribution in [-0.4, -0.2) is 29.8 Å². The average molecular weight is 661 g/mol. The van der Waals surface area contributed by atoms with E-state index in [1.807, 2.05) is 30.3 Å². The molecule has 1 heterocycles. The topological polar surface area (TPSA) is 69.6 Å². The van der Waals surface area contributed by atoms with Crippen molar-refractivity contribution in [2.75, 3.05) is 13.2 Å². The lowest BCUT2D eigenvalue weighted by atomic mass is 9.99. The number of benzene rings is 4. The molecule has 0 spiro atoms. The Morgan fingerprint density at radius 3 is 2.36 bits per heavy atom. The van der Waals surface area contributed by atoms with Gasteiger partial charge in [0.1, 0.15) is 41.0 Å². The van der Waals surface area contributed by atoms with E-state index in [1.165, 1.54) is 36.4 Å². The Balaban J connectivity index is 1.28. The fraction of sp³-hybridized carbons (Fsp3) is 0.243. The van der Waals surface area contributed by atoms with Crippen molar-refractivity contribution >= 4 is 28.5 Å². The number of aromatic nitrogens is 1. The summed E-state index contributed by atoms with van der Waals surface area (Å²) in [4.78, 5) is 26.2. The van der Waals surface area contributed by atoms with Gasteiger partial charge in [0.05, 0.1) is 17.1 Å². The third-order valence-electron chi connectivity index (χ3n) is 8.26. The van der Waals surface area contributed by atoms with Gasteiger partial charge >= 0.3 is 5.97 Å². The van der Waals surface area contributed by atoms with Gasteiger partial charge < -0.3 is 14.8 Å². The predicted molar refractivity (Wildman–Crippen MR) is 176 cm³/mol. The molecule has 6 rings (SSSR count). The summed E-state index contributed by atoms with van der Waals surface area (Å²) in [6, 6.07) is 21.9. The minimum Gasteiger partial charge on any atom is -0.493 e. The summed E-state index contributed by atoms with van der Waals surface area (Å²) in [6.45, 7) is 0.605. The largest absolute Gasteiger partial charge is 0.493 e. The Hall–Kier alpha value is -4.60. The van der Waals surface area contributed by atoms with Crippen LogP contribution in [0.5, 0.6) is 5.75 Å². The van der Waals surface area contributed by atoms with Crippen LogP contribution in [0.1, 0.15) is 43.7 Å². The van der Waals surface area contributed by atoms with E-state index < -0.39 is 34.7 Å². The Kier molecular flexibility index (Phi) is 9.94. The van der Waals surface area contributed by atoms with Gasteiger partial charge in [-0.3, -0.25) is 9.36 Å². The summed E-state index contributed by atoms with van der Waals surface area (Å²) >= 11 is 6.44. The Morgan fingerprint density at radius 1 is 0.894 bits per heavy atom. The molecule has 0 radical (unpaired) electrons. The predicted octanol–water partition coefficient (Wildman–Crippen LogP) is 8.31. The SMILES string of the molecule is O=C(OC1CCCC1)[C@@H](NCCCOc1cc(-c2ccc(F)cc2Cl)c2ccc(=O)n(-c3c(F)cccc3F)c2c1)c1ccccc1. The van der Waals surface area contributed by atoms with Crippen LogP contribution in [0.2, 0.25) is 5.02 Å². The summed E-state index contributed by atoms with van der Waals surface area (Å²) in [6.07, 6.45) is 4.26. The lowest BCUT2D eigenvalue weighted by molar-refractivity contribution is -0.151. The number of halogens is 4. The third-order valence-corrected chi connectivity index (χ3v) is 8.57. The van der Waals surface area contributed by atoms with Crippen LogP contribution in [0.4, 0.5) is 13.2 Å².